The van der Waals surface area contributed by atoms with Crippen LogP contribution >= 0.6 is 12.4 Å². The van der Waals surface area contributed by atoms with E-state index in [0.29, 0.717) is 17.8 Å². The maximum Gasteiger partial charge on any atom is 0.233 e. The lowest BCUT2D eigenvalue weighted by Gasteiger charge is -2.17. The van der Waals surface area contributed by atoms with E-state index in [0.717, 1.165) is 24.5 Å². The zero-order valence-electron chi connectivity index (χ0n) is 16.1. The highest BCUT2D eigenvalue weighted by Gasteiger charge is 2.17. The van der Waals surface area contributed by atoms with E-state index in [1.807, 2.05) is 24.3 Å². The van der Waals surface area contributed by atoms with Crippen molar-refractivity contribution < 1.29 is 0 Å². The number of halogens is 1. The summed E-state index contributed by atoms with van der Waals surface area (Å²) < 4.78 is 0. The average Bonchev–Trinajstić information content (AvgIpc) is 3.18. The Kier molecular flexibility index (Phi) is 6.31. The Hall–Kier alpha value is -2.86. The standard InChI is InChI=1S/C21H24N6.ClH/c1-15-8-10-17(11-9-15)22-19-24-20(23-18-7-5-6-16(2)14-18)26-21(25-19)27-12-3-4-13-27;/h5-11,14H,3-4,12-13H2,1-2H3,(H2,22,23,24,25,26);1H. The van der Waals surface area contributed by atoms with Gasteiger partial charge in [0, 0.05) is 24.5 Å². The van der Waals surface area contributed by atoms with E-state index in [1.165, 1.54) is 24.0 Å². The molecule has 0 spiro atoms. The van der Waals surface area contributed by atoms with Crippen molar-refractivity contribution in [1.29, 1.82) is 0 Å². The first-order valence-corrected chi connectivity index (χ1v) is 9.34. The monoisotopic (exact) mass is 396 g/mol. The summed E-state index contributed by atoms with van der Waals surface area (Å²) in [5.41, 5.74) is 4.33. The number of hydrogen-bond acceptors (Lipinski definition) is 6. The van der Waals surface area contributed by atoms with Crippen LogP contribution in [0.4, 0.5) is 29.2 Å². The average molecular weight is 397 g/mol. The summed E-state index contributed by atoms with van der Waals surface area (Å²) in [5.74, 6) is 1.81. The first-order valence-electron chi connectivity index (χ1n) is 9.34. The number of nitrogens with zero attached hydrogens (tertiary/aromatic N) is 4. The number of hydrogen-bond donors (Lipinski definition) is 2. The van der Waals surface area contributed by atoms with Gasteiger partial charge in [-0.1, -0.05) is 29.8 Å². The van der Waals surface area contributed by atoms with E-state index in [9.17, 15) is 0 Å². The lowest BCUT2D eigenvalue weighted by molar-refractivity contribution is 0.886. The zero-order valence-corrected chi connectivity index (χ0v) is 17.0. The first kappa shape index (κ1) is 19.9. The molecule has 0 bridgehead atoms. The molecule has 0 amide bonds. The predicted molar refractivity (Wildman–Crippen MR) is 117 cm³/mol. The number of nitrogens with one attached hydrogen (secondary N) is 2. The van der Waals surface area contributed by atoms with Gasteiger partial charge in [-0.15, -0.1) is 12.4 Å². The topological polar surface area (TPSA) is 66.0 Å². The van der Waals surface area contributed by atoms with Gasteiger partial charge in [-0.2, -0.15) is 15.0 Å². The van der Waals surface area contributed by atoms with E-state index < -0.39 is 0 Å². The summed E-state index contributed by atoms with van der Waals surface area (Å²) >= 11 is 0. The van der Waals surface area contributed by atoms with Crippen LogP contribution < -0.4 is 15.5 Å². The molecule has 7 heteroatoms. The van der Waals surface area contributed by atoms with Gasteiger partial charge in [0.15, 0.2) is 0 Å². The second-order valence-electron chi connectivity index (χ2n) is 6.96. The normalized spacial score (nSPS) is 13.1. The fourth-order valence-electron chi connectivity index (χ4n) is 3.15. The highest BCUT2D eigenvalue weighted by Crippen LogP contribution is 2.23. The number of aryl methyl sites for hydroxylation is 2. The second kappa shape index (κ2) is 8.89. The van der Waals surface area contributed by atoms with Gasteiger partial charge in [0.25, 0.3) is 0 Å². The van der Waals surface area contributed by atoms with Crippen LogP contribution in [0.15, 0.2) is 48.5 Å². The van der Waals surface area contributed by atoms with Gasteiger partial charge >= 0.3 is 0 Å². The summed E-state index contributed by atoms with van der Waals surface area (Å²) in [7, 11) is 0. The van der Waals surface area contributed by atoms with Crippen molar-refractivity contribution in [1.82, 2.24) is 15.0 Å². The van der Waals surface area contributed by atoms with Crippen molar-refractivity contribution in [2.24, 2.45) is 0 Å². The van der Waals surface area contributed by atoms with Gasteiger partial charge in [0.1, 0.15) is 0 Å². The Balaban J connectivity index is 0.00000225. The molecular formula is C21H25ClN6. The molecule has 6 nitrogen and oxygen atoms in total. The summed E-state index contributed by atoms with van der Waals surface area (Å²) in [6, 6.07) is 16.4. The lowest BCUT2D eigenvalue weighted by atomic mass is 10.2. The second-order valence-corrected chi connectivity index (χ2v) is 6.96. The molecule has 0 atom stereocenters. The first-order chi connectivity index (χ1) is 13.2. The van der Waals surface area contributed by atoms with Crippen LogP contribution in [0.2, 0.25) is 0 Å². The number of aromatic nitrogens is 3. The van der Waals surface area contributed by atoms with E-state index in [2.05, 4.69) is 68.6 Å². The molecule has 2 N–H and O–H groups in total. The Morgan fingerprint density at radius 2 is 1.39 bits per heavy atom. The predicted octanol–water partition coefficient (Wildman–Crippen LogP) is 5.00. The zero-order chi connectivity index (χ0) is 18.6. The fraction of sp³-hybridized carbons (Fsp3) is 0.286. The largest absolute Gasteiger partial charge is 0.341 e. The Bertz CT molecular complexity index is 922. The molecule has 146 valence electrons. The van der Waals surface area contributed by atoms with E-state index in [4.69, 9.17) is 0 Å². The summed E-state index contributed by atoms with van der Waals surface area (Å²) in [4.78, 5) is 16.1. The highest BCUT2D eigenvalue weighted by molar-refractivity contribution is 5.85. The Morgan fingerprint density at radius 3 is 2.04 bits per heavy atom. The molecule has 0 radical (unpaired) electrons. The molecule has 4 rings (SSSR count). The van der Waals surface area contributed by atoms with Crippen LogP contribution in [0.25, 0.3) is 0 Å². The van der Waals surface area contributed by atoms with Crippen LogP contribution in [-0.4, -0.2) is 28.0 Å². The molecule has 0 aliphatic carbocycles. The van der Waals surface area contributed by atoms with Crippen LogP contribution in [-0.2, 0) is 0 Å². The maximum absolute atomic E-state index is 4.65. The molecule has 3 aromatic rings. The van der Waals surface area contributed by atoms with Gasteiger partial charge in [-0.3, -0.25) is 0 Å². The van der Waals surface area contributed by atoms with Gasteiger partial charge < -0.3 is 15.5 Å². The van der Waals surface area contributed by atoms with E-state index in [1.54, 1.807) is 0 Å². The van der Waals surface area contributed by atoms with Gasteiger partial charge in [-0.25, -0.2) is 0 Å². The minimum atomic E-state index is 0. The molecule has 0 saturated carbocycles. The highest BCUT2D eigenvalue weighted by atomic mass is 35.5. The van der Waals surface area contributed by atoms with Crippen molar-refractivity contribution in [3.63, 3.8) is 0 Å². The number of rotatable bonds is 5. The molecule has 1 aliphatic heterocycles. The molecule has 1 aromatic heterocycles. The van der Waals surface area contributed by atoms with Crippen molar-refractivity contribution >= 4 is 41.6 Å². The van der Waals surface area contributed by atoms with Crippen LogP contribution in [0.3, 0.4) is 0 Å². The quantitative estimate of drug-likeness (QED) is 0.632. The fourth-order valence-corrected chi connectivity index (χ4v) is 3.15. The third-order valence-electron chi connectivity index (χ3n) is 4.59. The molecule has 28 heavy (non-hydrogen) atoms. The van der Waals surface area contributed by atoms with Gasteiger partial charge in [0.05, 0.1) is 0 Å². The van der Waals surface area contributed by atoms with Gasteiger partial charge in [0.2, 0.25) is 17.8 Å². The van der Waals surface area contributed by atoms with E-state index >= 15 is 0 Å². The molecular weight excluding hydrogens is 372 g/mol. The minimum Gasteiger partial charge on any atom is -0.341 e. The van der Waals surface area contributed by atoms with Crippen molar-refractivity contribution in [3.8, 4) is 0 Å². The Labute approximate surface area is 171 Å². The maximum atomic E-state index is 4.65. The van der Waals surface area contributed by atoms with Crippen molar-refractivity contribution in [3.05, 3.63) is 59.7 Å². The molecule has 1 fully saturated rings. The smallest absolute Gasteiger partial charge is 0.233 e. The van der Waals surface area contributed by atoms with Crippen molar-refractivity contribution in [2.75, 3.05) is 28.6 Å². The Morgan fingerprint density at radius 1 is 0.750 bits per heavy atom. The summed E-state index contributed by atoms with van der Waals surface area (Å²) in [5, 5.41) is 6.62. The van der Waals surface area contributed by atoms with Gasteiger partial charge in [-0.05, 0) is 56.5 Å². The van der Waals surface area contributed by atoms with Crippen LogP contribution in [0.5, 0.6) is 0 Å². The van der Waals surface area contributed by atoms with Crippen molar-refractivity contribution in [2.45, 2.75) is 26.7 Å². The third kappa shape index (κ3) is 4.89. The van der Waals surface area contributed by atoms with E-state index in [-0.39, 0.29) is 12.4 Å². The number of anilines is 5. The summed E-state index contributed by atoms with van der Waals surface area (Å²) in [6.07, 6.45) is 2.35. The van der Waals surface area contributed by atoms with Crippen LogP contribution in [0, 0.1) is 13.8 Å². The molecule has 1 aliphatic rings. The lowest BCUT2D eigenvalue weighted by Crippen LogP contribution is -2.21. The van der Waals surface area contributed by atoms with Crippen LogP contribution in [0.1, 0.15) is 24.0 Å². The number of benzene rings is 2. The molecule has 2 aromatic carbocycles. The SMILES string of the molecule is Cc1ccc(Nc2nc(Nc3cccc(C)c3)nc(N3CCCC3)n2)cc1.Cl. The summed E-state index contributed by atoms with van der Waals surface area (Å²) in [6.45, 7) is 6.11. The third-order valence-corrected chi connectivity index (χ3v) is 4.59. The molecule has 2 heterocycles. The molecule has 1 saturated heterocycles. The minimum absolute atomic E-state index is 0. The molecule has 0 unspecified atom stereocenters.